The monoisotopic (exact) mass is 530 g/mol. The molecule has 0 saturated heterocycles. The number of nitrogens with one attached hydrogen (secondary N) is 2. The number of hydrogen-bond donors (Lipinski definition) is 2. The van der Waals surface area contributed by atoms with Crippen molar-refractivity contribution in [2.24, 2.45) is 0 Å². The van der Waals surface area contributed by atoms with Crippen LogP contribution in [0.3, 0.4) is 0 Å². The summed E-state index contributed by atoms with van der Waals surface area (Å²) in [6, 6.07) is 24.2. The molecule has 3 rings (SSSR count). The molecule has 31 heavy (non-hydrogen) atoms. The maximum Gasteiger partial charge on any atom is 0.258 e. The molecule has 162 valence electrons. The molecule has 3 aromatic rings. The summed E-state index contributed by atoms with van der Waals surface area (Å²) in [6.45, 7) is 2.04. The van der Waals surface area contributed by atoms with Crippen molar-refractivity contribution in [1.82, 2.24) is 10.6 Å². The topological polar surface area (TPSA) is 59.6 Å². The Bertz CT molecular complexity index is 965. The Balaban J connectivity index is 1.49. The Hall–Kier alpha value is -2.58. The maximum atomic E-state index is 12.2. The fraction of sp³-hybridized carbons (Fsp3) is 0.240. The first kappa shape index (κ1) is 23.1. The minimum absolute atomic E-state index is 0.0616. The van der Waals surface area contributed by atoms with Crippen LogP contribution < -0.4 is 20.1 Å². The summed E-state index contributed by atoms with van der Waals surface area (Å²) >= 11 is 2.22. The molecule has 0 aliphatic rings. The lowest BCUT2D eigenvalue weighted by Gasteiger charge is -2.15. The van der Waals surface area contributed by atoms with Gasteiger partial charge in [-0.2, -0.15) is 0 Å². The molecule has 0 atom stereocenters. The number of hydrogen-bond acceptors (Lipinski definition) is 4. The van der Waals surface area contributed by atoms with Crippen LogP contribution in [0.2, 0.25) is 0 Å². The van der Waals surface area contributed by atoms with Gasteiger partial charge in [-0.05, 0) is 64.4 Å². The Morgan fingerprint density at radius 3 is 2.26 bits per heavy atom. The minimum atomic E-state index is -0.173. The predicted octanol–water partition coefficient (Wildman–Crippen LogP) is 4.33. The molecule has 6 heteroatoms. The largest absolute Gasteiger partial charge is 0.493 e. The van der Waals surface area contributed by atoms with E-state index in [4.69, 9.17) is 9.47 Å². The number of halogens is 1. The zero-order valence-electron chi connectivity index (χ0n) is 17.6. The van der Waals surface area contributed by atoms with Crippen LogP contribution in [-0.2, 0) is 24.3 Å². The molecule has 2 N–H and O–H groups in total. The molecule has 0 aromatic heterocycles. The highest BCUT2D eigenvalue weighted by Crippen LogP contribution is 2.34. The average Bonchev–Trinajstić information content (AvgIpc) is 2.81. The molecule has 0 aliphatic heterocycles. The van der Waals surface area contributed by atoms with Gasteiger partial charge in [0.15, 0.2) is 18.1 Å². The zero-order chi connectivity index (χ0) is 21.9. The van der Waals surface area contributed by atoms with Gasteiger partial charge in [-0.1, -0.05) is 60.7 Å². The van der Waals surface area contributed by atoms with Gasteiger partial charge in [-0.15, -0.1) is 0 Å². The summed E-state index contributed by atoms with van der Waals surface area (Å²) in [5.41, 5.74) is 3.47. The van der Waals surface area contributed by atoms with Gasteiger partial charge in [0.1, 0.15) is 0 Å². The van der Waals surface area contributed by atoms with E-state index in [0.717, 1.165) is 34.2 Å². The zero-order valence-corrected chi connectivity index (χ0v) is 19.7. The maximum absolute atomic E-state index is 12.2. The number of rotatable bonds is 11. The van der Waals surface area contributed by atoms with E-state index in [2.05, 4.69) is 63.6 Å². The lowest BCUT2D eigenvalue weighted by Crippen LogP contribution is -2.28. The van der Waals surface area contributed by atoms with Gasteiger partial charge >= 0.3 is 0 Å². The quantitative estimate of drug-likeness (QED) is 0.287. The summed E-state index contributed by atoms with van der Waals surface area (Å²) in [7, 11) is 1.61. The number of ether oxygens (including phenoxy) is 2. The number of methoxy groups -OCH3 is 1. The van der Waals surface area contributed by atoms with Crippen molar-refractivity contribution in [1.29, 1.82) is 0 Å². The lowest BCUT2D eigenvalue weighted by atomic mass is 10.1. The van der Waals surface area contributed by atoms with Gasteiger partial charge in [0.2, 0.25) is 0 Å². The third kappa shape index (κ3) is 7.56. The standard InChI is InChI=1S/C25H27IN2O3/c1-30-23-15-21(16-27-13-12-19-8-4-2-5-9-19)14-22(26)25(23)31-18-24(29)28-17-20-10-6-3-7-11-20/h2-11,14-15,27H,12-13,16-18H2,1H3,(H,28,29). The smallest absolute Gasteiger partial charge is 0.258 e. The number of carbonyl (C=O) groups is 1. The molecule has 0 heterocycles. The van der Waals surface area contributed by atoms with Crippen molar-refractivity contribution in [2.75, 3.05) is 20.3 Å². The Labute approximate surface area is 197 Å². The van der Waals surface area contributed by atoms with E-state index in [1.165, 1.54) is 5.56 Å². The Kier molecular flexibility index (Phi) is 9.17. The predicted molar refractivity (Wildman–Crippen MR) is 131 cm³/mol. The minimum Gasteiger partial charge on any atom is -0.493 e. The molecule has 0 aliphatic carbocycles. The summed E-state index contributed by atoms with van der Waals surface area (Å²) in [6.07, 6.45) is 0.981. The van der Waals surface area contributed by atoms with Crippen molar-refractivity contribution in [3.63, 3.8) is 0 Å². The van der Waals surface area contributed by atoms with Crippen LogP contribution in [0.5, 0.6) is 11.5 Å². The second-order valence-electron chi connectivity index (χ2n) is 7.07. The molecule has 0 spiro atoms. The third-order valence-electron chi connectivity index (χ3n) is 4.73. The highest BCUT2D eigenvalue weighted by atomic mass is 127. The van der Waals surface area contributed by atoms with Crippen LogP contribution in [0.25, 0.3) is 0 Å². The van der Waals surface area contributed by atoms with E-state index in [9.17, 15) is 4.79 Å². The second kappa shape index (κ2) is 12.3. The summed E-state index contributed by atoms with van der Waals surface area (Å²) in [4.78, 5) is 12.2. The van der Waals surface area contributed by atoms with Crippen LogP contribution in [0.1, 0.15) is 16.7 Å². The van der Waals surface area contributed by atoms with E-state index in [1.54, 1.807) is 7.11 Å². The molecule has 0 bridgehead atoms. The fourth-order valence-corrected chi connectivity index (χ4v) is 3.93. The molecule has 0 radical (unpaired) electrons. The first-order valence-corrected chi connectivity index (χ1v) is 11.3. The van der Waals surface area contributed by atoms with Crippen molar-refractivity contribution in [3.8, 4) is 11.5 Å². The van der Waals surface area contributed by atoms with E-state index in [0.29, 0.717) is 18.0 Å². The molecule has 5 nitrogen and oxygen atoms in total. The SMILES string of the molecule is COc1cc(CNCCc2ccccc2)cc(I)c1OCC(=O)NCc1ccccc1. The normalized spacial score (nSPS) is 10.5. The third-order valence-corrected chi connectivity index (χ3v) is 5.53. The molecular formula is C25H27IN2O3. The Morgan fingerprint density at radius 2 is 1.58 bits per heavy atom. The summed E-state index contributed by atoms with van der Waals surface area (Å²) in [5, 5.41) is 6.33. The van der Waals surface area contributed by atoms with Crippen LogP contribution in [0, 0.1) is 3.57 Å². The van der Waals surface area contributed by atoms with Crippen molar-refractivity contribution in [3.05, 3.63) is 93.1 Å². The molecule has 0 saturated carbocycles. The van der Waals surface area contributed by atoms with Crippen LogP contribution in [0.15, 0.2) is 72.8 Å². The van der Waals surface area contributed by atoms with E-state index >= 15 is 0 Å². The Morgan fingerprint density at radius 1 is 0.903 bits per heavy atom. The number of benzene rings is 3. The highest BCUT2D eigenvalue weighted by molar-refractivity contribution is 14.1. The second-order valence-corrected chi connectivity index (χ2v) is 8.23. The first-order valence-electron chi connectivity index (χ1n) is 10.2. The van der Waals surface area contributed by atoms with Gasteiger partial charge in [0.25, 0.3) is 5.91 Å². The molecule has 0 unspecified atom stereocenters. The first-order chi connectivity index (χ1) is 15.2. The van der Waals surface area contributed by atoms with Crippen molar-refractivity contribution < 1.29 is 14.3 Å². The fourth-order valence-electron chi connectivity index (χ4n) is 3.11. The van der Waals surface area contributed by atoms with Gasteiger partial charge in [-0.3, -0.25) is 4.79 Å². The van der Waals surface area contributed by atoms with E-state index < -0.39 is 0 Å². The van der Waals surface area contributed by atoms with Crippen LogP contribution >= 0.6 is 22.6 Å². The molecule has 0 fully saturated rings. The van der Waals surface area contributed by atoms with Crippen LogP contribution in [0.4, 0.5) is 0 Å². The summed E-state index contributed by atoms with van der Waals surface area (Å²) in [5.74, 6) is 1.04. The van der Waals surface area contributed by atoms with Gasteiger partial charge < -0.3 is 20.1 Å². The summed E-state index contributed by atoms with van der Waals surface area (Å²) < 4.78 is 12.2. The van der Waals surface area contributed by atoms with Crippen LogP contribution in [-0.4, -0.2) is 26.2 Å². The lowest BCUT2D eigenvalue weighted by molar-refractivity contribution is -0.123. The average molecular weight is 530 g/mol. The number of carbonyl (C=O) groups excluding carboxylic acids is 1. The molecular weight excluding hydrogens is 503 g/mol. The van der Waals surface area contributed by atoms with Gasteiger partial charge in [0, 0.05) is 13.1 Å². The van der Waals surface area contributed by atoms with Gasteiger partial charge in [-0.25, -0.2) is 0 Å². The van der Waals surface area contributed by atoms with Crippen molar-refractivity contribution in [2.45, 2.75) is 19.5 Å². The van der Waals surface area contributed by atoms with E-state index in [-0.39, 0.29) is 12.5 Å². The van der Waals surface area contributed by atoms with Gasteiger partial charge in [0.05, 0.1) is 10.7 Å². The van der Waals surface area contributed by atoms with Crippen molar-refractivity contribution >= 4 is 28.5 Å². The number of amides is 1. The molecule has 3 aromatic carbocycles. The van der Waals surface area contributed by atoms with E-state index in [1.807, 2.05) is 42.5 Å². The molecule has 1 amide bonds. The highest BCUT2D eigenvalue weighted by Gasteiger charge is 2.13.